The Balaban J connectivity index is 1.59. The lowest BCUT2D eigenvalue weighted by molar-refractivity contribution is -0.384. The predicted molar refractivity (Wildman–Crippen MR) is 123 cm³/mol. The van der Waals surface area contributed by atoms with Gasteiger partial charge in [0.05, 0.1) is 28.2 Å². The number of ether oxygens (including phenoxy) is 3. The van der Waals surface area contributed by atoms with Gasteiger partial charge in [0.1, 0.15) is 0 Å². The maximum absolute atomic E-state index is 12.3. The highest BCUT2D eigenvalue weighted by atomic mass is 35.5. The van der Waals surface area contributed by atoms with Crippen molar-refractivity contribution in [3.63, 3.8) is 0 Å². The number of nitrogens with zero attached hydrogens (tertiary/aromatic N) is 2. The molecule has 0 fully saturated rings. The van der Waals surface area contributed by atoms with Crippen molar-refractivity contribution < 1.29 is 28.7 Å². The normalized spacial score (nSPS) is 13.9. The lowest BCUT2D eigenvalue weighted by atomic mass is 10.1. The number of rotatable bonds is 6. The van der Waals surface area contributed by atoms with Crippen molar-refractivity contribution in [3.05, 3.63) is 104 Å². The Kier molecular flexibility index (Phi) is 6.37. The molecule has 1 aliphatic rings. The number of carbonyl (C=O) groups is 2. The molecule has 0 saturated carbocycles. The second-order valence-electron chi connectivity index (χ2n) is 6.92. The molecule has 9 nitrogen and oxygen atoms in total. The van der Waals surface area contributed by atoms with E-state index in [0.29, 0.717) is 11.1 Å². The number of esters is 2. The van der Waals surface area contributed by atoms with Crippen molar-refractivity contribution >= 4 is 41.2 Å². The summed E-state index contributed by atoms with van der Waals surface area (Å²) in [5, 5.41) is 10.9. The first-order chi connectivity index (χ1) is 16.4. The molecular weight excluding hydrogens is 464 g/mol. The summed E-state index contributed by atoms with van der Waals surface area (Å²) in [6, 6.07) is 17.0. The molecule has 1 aliphatic heterocycles. The number of hydrogen-bond donors (Lipinski definition) is 0. The fourth-order valence-corrected chi connectivity index (χ4v) is 3.32. The molecule has 0 amide bonds. The Labute approximate surface area is 198 Å². The molecule has 3 aromatic carbocycles. The maximum Gasteiger partial charge on any atom is 0.363 e. The Morgan fingerprint density at radius 2 is 1.85 bits per heavy atom. The van der Waals surface area contributed by atoms with Crippen molar-refractivity contribution in [2.24, 2.45) is 4.99 Å². The molecule has 3 aromatic rings. The highest BCUT2D eigenvalue weighted by molar-refractivity contribution is 6.34. The van der Waals surface area contributed by atoms with E-state index in [-0.39, 0.29) is 39.4 Å². The van der Waals surface area contributed by atoms with E-state index in [0.717, 1.165) is 6.07 Å². The van der Waals surface area contributed by atoms with E-state index in [1.54, 1.807) is 42.5 Å². The average Bonchev–Trinajstić information content (AvgIpc) is 3.19. The van der Waals surface area contributed by atoms with Gasteiger partial charge < -0.3 is 14.2 Å². The third kappa shape index (κ3) is 4.79. The van der Waals surface area contributed by atoms with E-state index in [1.807, 2.05) is 0 Å². The third-order valence-electron chi connectivity index (χ3n) is 4.72. The lowest BCUT2D eigenvalue weighted by Crippen LogP contribution is -2.09. The topological polar surface area (TPSA) is 117 Å². The van der Waals surface area contributed by atoms with Crippen LogP contribution >= 0.6 is 11.6 Å². The number of methoxy groups -OCH3 is 1. The number of carbonyl (C=O) groups excluding carboxylic acids is 2. The van der Waals surface area contributed by atoms with Gasteiger partial charge in [0.2, 0.25) is 5.90 Å². The predicted octanol–water partition coefficient (Wildman–Crippen LogP) is 4.82. The summed E-state index contributed by atoms with van der Waals surface area (Å²) in [6.45, 7) is 0. The van der Waals surface area contributed by atoms with Crippen LogP contribution < -0.4 is 9.47 Å². The van der Waals surface area contributed by atoms with Crippen LogP contribution in [-0.4, -0.2) is 29.9 Å². The van der Waals surface area contributed by atoms with E-state index < -0.39 is 16.9 Å². The van der Waals surface area contributed by atoms with Gasteiger partial charge in [-0.25, -0.2) is 14.6 Å². The summed E-state index contributed by atoms with van der Waals surface area (Å²) in [7, 11) is 1.42. The minimum Gasteiger partial charge on any atom is -0.493 e. The first-order valence-electron chi connectivity index (χ1n) is 9.78. The lowest BCUT2D eigenvalue weighted by Gasteiger charge is -2.10. The van der Waals surface area contributed by atoms with E-state index >= 15 is 0 Å². The van der Waals surface area contributed by atoms with Crippen LogP contribution in [0.3, 0.4) is 0 Å². The van der Waals surface area contributed by atoms with E-state index in [1.165, 1.54) is 31.4 Å². The molecule has 0 unspecified atom stereocenters. The van der Waals surface area contributed by atoms with Gasteiger partial charge >= 0.3 is 11.9 Å². The van der Waals surface area contributed by atoms with Gasteiger partial charge in [-0.1, -0.05) is 35.9 Å². The molecule has 1 heterocycles. The van der Waals surface area contributed by atoms with Crippen molar-refractivity contribution in [3.8, 4) is 11.5 Å². The Morgan fingerprint density at radius 3 is 2.53 bits per heavy atom. The van der Waals surface area contributed by atoms with Crippen LogP contribution in [0, 0.1) is 10.1 Å². The first-order valence-corrected chi connectivity index (χ1v) is 10.2. The van der Waals surface area contributed by atoms with Gasteiger partial charge in [-0.15, -0.1) is 0 Å². The van der Waals surface area contributed by atoms with Crippen molar-refractivity contribution in [2.75, 3.05) is 7.11 Å². The zero-order valence-corrected chi connectivity index (χ0v) is 18.3. The molecule has 0 aromatic heterocycles. The molecule has 0 radical (unpaired) electrons. The zero-order valence-electron chi connectivity index (χ0n) is 17.6. The summed E-state index contributed by atoms with van der Waals surface area (Å²) >= 11 is 6.10. The van der Waals surface area contributed by atoms with Crippen LogP contribution in [0.5, 0.6) is 11.5 Å². The number of halogens is 1. The Bertz CT molecular complexity index is 1370. The molecule has 0 N–H and O–H groups in total. The molecule has 0 saturated heterocycles. The largest absolute Gasteiger partial charge is 0.493 e. The molecule has 0 bridgehead atoms. The first kappa shape index (κ1) is 22.7. The van der Waals surface area contributed by atoms with Crippen molar-refractivity contribution in [1.29, 1.82) is 0 Å². The summed E-state index contributed by atoms with van der Waals surface area (Å²) in [5.74, 6) is -0.861. The maximum atomic E-state index is 12.3. The number of benzene rings is 3. The monoisotopic (exact) mass is 478 g/mol. The zero-order chi connectivity index (χ0) is 24.2. The molecule has 0 aliphatic carbocycles. The van der Waals surface area contributed by atoms with E-state index in [4.69, 9.17) is 25.8 Å². The fraction of sp³-hybridized carbons (Fsp3) is 0.0417. The summed E-state index contributed by atoms with van der Waals surface area (Å²) in [4.78, 5) is 39.1. The molecule has 34 heavy (non-hydrogen) atoms. The molecule has 0 atom stereocenters. The summed E-state index contributed by atoms with van der Waals surface area (Å²) in [6.07, 6.45) is 1.46. The Hall–Kier alpha value is -4.50. The number of non-ortho nitro benzene ring substituents is 1. The van der Waals surface area contributed by atoms with Gasteiger partial charge in [0, 0.05) is 12.1 Å². The number of nitro benzene ring substituents is 1. The standard InChI is InChI=1S/C24H15ClN2O7/c1-32-21-12-14(7-10-20(21)33-23(28)15-5-3-2-4-6-15)11-19-24(29)34-22(26-19)17-9-8-16(27(30)31)13-18(17)25/h2-13H,1H3/b19-11-. The number of hydrogen-bond acceptors (Lipinski definition) is 8. The van der Waals surface area contributed by atoms with Gasteiger partial charge in [-0.05, 0) is 42.0 Å². The second kappa shape index (κ2) is 9.55. The molecule has 170 valence electrons. The van der Waals surface area contributed by atoms with Crippen LogP contribution in [0.15, 0.2) is 77.4 Å². The van der Waals surface area contributed by atoms with Gasteiger partial charge in [-0.3, -0.25) is 10.1 Å². The smallest absolute Gasteiger partial charge is 0.363 e. The van der Waals surface area contributed by atoms with Crippen LogP contribution in [0.1, 0.15) is 21.5 Å². The molecule has 4 rings (SSSR count). The van der Waals surface area contributed by atoms with Crippen LogP contribution in [0.25, 0.3) is 6.08 Å². The van der Waals surface area contributed by atoms with Crippen molar-refractivity contribution in [1.82, 2.24) is 0 Å². The van der Waals surface area contributed by atoms with Crippen LogP contribution in [0.2, 0.25) is 5.02 Å². The number of aliphatic imine (C=N–C) groups is 1. The molecule has 0 spiro atoms. The number of cyclic esters (lactones) is 1. The van der Waals surface area contributed by atoms with Crippen molar-refractivity contribution in [2.45, 2.75) is 0 Å². The van der Waals surface area contributed by atoms with Gasteiger partial charge in [-0.2, -0.15) is 0 Å². The third-order valence-corrected chi connectivity index (χ3v) is 5.03. The van der Waals surface area contributed by atoms with Crippen LogP contribution in [0.4, 0.5) is 5.69 Å². The summed E-state index contributed by atoms with van der Waals surface area (Å²) in [5.41, 5.74) is 0.944. The van der Waals surface area contributed by atoms with E-state index in [9.17, 15) is 19.7 Å². The van der Waals surface area contributed by atoms with Gasteiger partial charge in [0.15, 0.2) is 17.2 Å². The quantitative estimate of drug-likeness (QED) is 0.164. The SMILES string of the molecule is COc1cc(/C=C2\N=C(c3ccc([N+](=O)[O-])cc3Cl)OC2=O)ccc1OC(=O)c1ccccc1. The minimum absolute atomic E-state index is 0.0134. The summed E-state index contributed by atoms with van der Waals surface area (Å²) < 4.78 is 15.9. The minimum atomic E-state index is -0.719. The number of nitro groups is 1. The fourth-order valence-electron chi connectivity index (χ4n) is 3.06. The van der Waals surface area contributed by atoms with E-state index in [2.05, 4.69) is 4.99 Å². The molecule has 10 heteroatoms. The highest BCUT2D eigenvalue weighted by Gasteiger charge is 2.26. The molecular formula is C24H15ClN2O7. The highest BCUT2D eigenvalue weighted by Crippen LogP contribution is 2.31. The Morgan fingerprint density at radius 1 is 1.09 bits per heavy atom. The average molecular weight is 479 g/mol. The van der Waals surface area contributed by atoms with Crippen LogP contribution in [-0.2, 0) is 9.53 Å². The van der Waals surface area contributed by atoms with Gasteiger partial charge in [0.25, 0.3) is 5.69 Å². The second-order valence-corrected chi connectivity index (χ2v) is 7.33.